The molecular formula is C36H30N2O7S3. The van der Waals surface area contributed by atoms with Gasteiger partial charge in [-0.05, 0) is 50.6 Å². The van der Waals surface area contributed by atoms with Gasteiger partial charge >= 0.3 is 11.9 Å². The zero-order valence-electron chi connectivity index (χ0n) is 26.7. The quantitative estimate of drug-likeness (QED) is 0.130. The minimum absolute atomic E-state index is 0.0821. The van der Waals surface area contributed by atoms with Gasteiger partial charge in [-0.25, -0.2) is 9.59 Å². The van der Waals surface area contributed by atoms with Gasteiger partial charge < -0.3 is 9.47 Å². The smallest absolute Gasteiger partial charge is 0.346 e. The van der Waals surface area contributed by atoms with Crippen molar-refractivity contribution in [2.24, 2.45) is 0 Å². The molecule has 0 aliphatic carbocycles. The van der Waals surface area contributed by atoms with Crippen molar-refractivity contribution in [1.82, 2.24) is 4.90 Å². The topological polar surface area (TPSA) is 110 Å². The molecule has 1 unspecified atom stereocenters. The Morgan fingerprint density at radius 2 is 1.35 bits per heavy atom. The lowest BCUT2D eigenvalue weighted by Crippen LogP contribution is -2.62. The number of fused-ring (bicyclic) bond motifs is 2. The summed E-state index contributed by atoms with van der Waals surface area (Å²) in [6.07, 6.45) is 0.0836. The van der Waals surface area contributed by atoms with Crippen molar-refractivity contribution in [2.45, 2.75) is 38.8 Å². The molecule has 3 aliphatic rings. The zero-order chi connectivity index (χ0) is 34.5. The van der Waals surface area contributed by atoms with Crippen molar-refractivity contribution >= 4 is 81.5 Å². The molecule has 0 bridgehead atoms. The Morgan fingerprint density at radius 1 is 0.812 bits per heavy atom. The SMILES string of the molecule is COC(=O)C1=C(C(=O)OC)SC(=C2C(=S)C(C)(C)N(C(=O)C(Cc3ccccc3)N3C(=O)c4ccccc4C3=O)c3ccc(C)cc32)S1. The molecule has 6 rings (SSSR count). The van der Waals surface area contributed by atoms with Crippen LogP contribution in [0.4, 0.5) is 5.69 Å². The van der Waals surface area contributed by atoms with Gasteiger partial charge in [0.2, 0.25) is 0 Å². The lowest BCUT2D eigenvalue weighted by Gasteiger charge is -2.47. The number of anilines is 1. The van der Waals surface area contributed by atoms with Crippen LogP contribution in [0, 0.1) is 6.92 Å². The molecule has 48 heavy (non-hydrogen) atoms. The van der Waals surface area contributed by atoms with Gasteiger partial charge in [0.25, 0.3) is 17.7 Å². The molecule has 0 spiro atoms. The van der Waals surface area contributed by atoms with E-state index in [-0.39, 0.29) is 27.4 Å². The van der Waals surface area contributed by atoms with E-state index in [2.05, 4.69) is 0 Å². The molecule has 12 heteroatoms. The van der Waals surface area contributed by atoms with Crippen LogP contribution in [-0.2, 0) is 30.3 Å². The highest BCUT2D eigenvalue weighted by Gasteiger charge is 2.51. The fourth-order valence-corrected chi connectivity index (χ4v) is 9.13. The average Bonchev–Trinajstić information content (AvgIpc) is 3.63. The number of hydrogen-bond acceptors (Lipinski definition) is 10. The van der Waals surface area contributed by atoms with Gasteiger partial charge in [-0.2, -0.15) is 0 Å². The Morgan fingerprint density at radius 3 is 1.90 bits per heavy atom. The van der Waals surface area contributed by atoms with Gasteiger partial charge in [0.05, 0.1) is 45.7 Å². The summed E-state index contributed by atoms with van der Waals surface area (Å²) >= 11 is 8.29. The molecule has 0 aromatic heterocycles. The normalized spacial score (nSPS) is 17.4. The molecule has 3 amide bonds. The number of ether oxygens (including phenoxy) is 2. The van der Waals surface area contributed by atoms with E-state index >= 15 is 4.79 Å². The second-order valence-corrected chi connectivity index (χ2v) is 14.5. The summed E-state index contributed by atoms with van der Waals surface area (Å²) in [7, 11) is 2.47. The maximum absolute atomic E-state index is 15.1. The number of aryl methyl sites for hydroxylation is 1. The molecule has 0 N–H and O–H groups in total. The first-order chi connectivity index (χ1) is 22.9. The van der Waals surface area contributed by atoms with E-state index in [9.17, 15) is 19.2 Å². The summed E-state index contributed by atoms with van der Waals surface area (Å²) in [6.45, 7) is 5.51. The summed E-state index contributed by atoms with van der Waals surface area (Å²) in [4.78, 5) is 71.3. The third kappa shape index (κ3) is 5.47. The number of methoxy groups -OCH3 is 2. The molecule has 3 aromatic carbocycles. The minimum Gasteiger partial charge on any atom is -0.465 e. The van der Waals surface area contributed by atoms with Gasteiger partial charge in [-0.1, -0.05) is 89.8 Å². The molecule has 244 valence electrons. The molecule has 3 heterocycles. The first kappa shape index (κ1) is 33.4. The number of carbonyl (C=O) groups excluding carboxylic acids is 5. The number of nitrogens with zero attached hydrogens (tertiary/aromatic N) is 2. The van der Waals surface area contributed by atoms with Crippen molar-refractivity contribution < 1.29 is 33.4 Å². The highest BCUT2D eigenvalue weighted by molar-refractivity contribution is 8.29. The highest BCUT2D eigenvalue weighted by atomic mass is 32.2. The first-order valence-electron chi connectivity index (χ1n) is 14.9. The van der Waals surface area contributed by atoms with Crippen molar-refractivity contribution in [3.63, 3.8) is 0 Å². The van der Waals surface area contributed by atoms with Crippen LogP contribution in [0.3, 0.4) is 0 Å². The van der Waals surface area contributed by atoms with E-state index in [0.29, 0.717) is 25.9 Å². The van der Waals surface area contributed by atoms with Gasteiger partial charge in [0.15, 0.2) is 0 Å². The van der Waals surface area contributed by atoms with Crippen molar-refractivity contribution in [3.8, 4) is 0 Å². The predicted molar refractivity (Wildman–Crippen MR) is 189 cm³/mol. The van der Waals surface area contributed by atoms with E-state index < -0.39 is 41.2 Å². The highest BCUT2D eigenvalue weighted by Crippen LogP contribution is 2.56. The second-order valence-electron chi connectivity index (χ2n) is 11.8. The fraction of sp³-hybridized carbons (Fsp3) is 0.222. The van der Waals surface area contributed by atoms with Crippen LogP contribution in [0.5, 0.6) is 0 Å². The fourth-order valence-electron chi connectivity index (χ4n) is 6.09. The Labute approximate surface area is 291 Å². The van der Waals surface area contributed by atoms with Crippen molar-refractivity contribution in [2.75, 3.05) is 19.1 Å². The van der Waals surface area contributed by atoms with Gasteiger partial charge in [-0.15, -0.1) is 0 Å². The van der Waals surface area contributed by atoms with Crippen LogP contribution >= 0.6 is 35.7 Å². The molecule has 9 nitrogen and oxygen atoms in total. The van der Waals surface area contributed by atoms with E-state index in [1.165, 1.54) is 14.2 Å². The summed E-state index contributed by atoms with van der Waals surface area (Å²) in [6, 6.07) is 20.2. The molecule has 0 fully saturated rings. The largest absolute Gasteiger partial charge is 0.465 e. The molecule has 0 saturated heterocycles. The van der Waals surface area contributed by atoms with Crippen LogP contribution in [0.1, 0.15) is 51.3 Å². The molecule has 3 aliphatic heterocycles. The lowest BCUT2D eigenvalue weighted by molar-refractivity contribution is -0.138. The Balaban J connectivity index is 1.50. The Bertz CT molecular complexity index is 1940. The summed E-state index contributed by atoms with van der Waals surface area (Å²) < 4.78 is 10.5. The van der Waals surface area contributed by atoms with Crippen LogP contribution in [0.25, 0.3) is 5.57 Å². The summed E-state index contributed by atoms with van der Waals surface area (Å²) in [5.74, 6) is -2.93. The van der Waals surface area contributed by atoms with Crippen LogP contribution < -0.4 is 4.90 Å². The van der Waals surface area contributed by atoms with E-state index in [4.69, 9.17) is 21.7 Å². The molecular weight excluding hydrogens is 669 g/mol. The molecule has 3 aromatic rings. The molecule has 1 atom stereocenters. The minimum atomic E-state index is -1.20. The number of imide groups is 1. The third-order valence-electron chi connectivity index (χ3n) is 8.46. The zero-order valence-corrected chi connectivity index (χ0v) is 29.1. The first-order valence-corrected chi connectivity index (χ1v) is 17.0. The van der Waals surface area contributed by atoms with E-state index in [0.717, 1.165) is 39.6 Å². The standard InChI is InChI=1S/C36H30N2O7S3/c1-19-15-16-24-23(17-19)26(35-47-27(33(42)44-4)28(48-35)34(43)45-5)29(46)36(2,3)38(24)32(41)25(18-20-11-7-6-8-12-20)37-30(39)21-13-9-10-14-22(21)31(37)40/h6-17,25H,18H2,1-5H3. The van der Waals surface area contributed by atoms with Crippen molar-refractivity contribution in [3.05, 3.63) is 115 Å². The summed E-state index contributed by atoms with van der Waals surface area (Å²) in [5, 5.41) is 0. The third-order valence-corrected chi connectivity index (χ3v) is 11.7. The van der Waals surface area contributed by atoms with Gasteiger partial charge in [0, 0.05) is 17.6 Å². The average molecular weight is 699 g/mol. The van der Waals surface area contributed by atoms with Crippen LogP contribution in [0.2, 0.25) is 0 Å². The lowest BCUT2D eigenvalue weighted by atomic mass is 9.82. The Hall–Kier alpha value is -4.52. The van der Waals surface area contributed by atoms with Gasteiger partial charge in [0.1, 0.15) is 15.9 Å². The number of carbonyl (C=O) groups is 5. The van der Waals surface area contributed by atoms with E-state index in [1.807, 2.05) is 55.5 Å². The van der Waals surface area contributed by atoms with Gasteiger partial charge in [-0.3, -0.25) is 24.2 Å². The number of benzene rings is 3. The van der Waals surface area contributed by atoms with E-state index in [1.54, 1.807) is 43.0 Å². The summed E-state index contributed by atoms with van der Waals surface area (Å²) in [5.41, 5.74) is 2.69. The number of thioether (sulfide) groups is 2. The number of thiocarbonyl (C=S) groups is 1. The number of esters is 2. The predicted octanol–water partition coefficient (Wildman–Crippen LogP) is 6.10. The Kier molecular flexibility index (Phi) is 8.92. The maximum atomic E-state index is 15.1. The van der Waals surface area contributed by atoms with Crippen molar-refractivity contribution in [1.29, 1.82) is 0 Å². The molecule has 0 radical (unpaired) electrons. The van der Waals surface area contributed by atoms with Crippen LogP contribution in [-0.4, -0.2) is 65.2 Å². The van der Waals surface area contributed by atoms with Crippen LogP contribution in [0.15, 0.2) is 86.8 Å². The second kappa shape index (κ2) is 12.8. The maximum Gasteiger partial charge on any atom is 0.346 e. The number of rotatable bonds is 6. The molecule has 0 saturated carbocycles. The monoisotopic (exact) mass is 698 g/mol. The number of amides is 3. The number of hydrogen-bond donors (Lipinski definition) is 0.